The third-order valence-electron chi connectivity index (χ3n) is 3.19. The number of fused-ring (bicyclic) bond motifs is 1. The number of hydrogen-bond donors (Lipinski definition) is 0. The standard InChI is InChI=1S/C15H11Cl2FO/c1-8-4-10-5-11(16)7-12(15(10)19-8)9-2-3-14(18)13(17)6-9/h2-3,5-8H,4H2,1H3. The van der Waals surface area contributed by atoms with E-state index < -0.39 is 5.82 Å². The fraction of sp³-hybridized carbons (Fsp3) is 0.200. The molecule has 0 amide bonds. The minimum atomic E-state index is -0.432. The molecule has 0 spiro atoms. The van der Waals surface area contributed by atoms with Gasteiger partial charge in [-0.15, -0.1) is 0 Å². The monoisotopic (exact) mass is 296 g/mol. The third kappa shape index (κ3) is 2.31. The summed E-state index contributed by atoms with van der Waals surface area (Å²) in [6.07, 6.45) is 0.959. The highest BCUT2D eigenvalue weighted by molar-refractivity contribution is 6.31. The molecule has 0 aromatic heterocycles. The van der Waals surface area contributed by atoms with Crippen molar-refractivity contribution in [3.05, 3.63) is 51.8 Å². The summed E-state index contributed by atoms with van der Waals surface area (Å²) in [5.41, 5.74) is 2.74. The fourth-order valence-corrected chi connectivity index (χ4v) is 2.79. The van der Waals surface area contributed by atoms with Gasteiger partial charge in [-0.3, -0.25) is 0 Å². The van der Waals surface area contributed by atoms with Gasteiger partial charge >= 0.3 is 0 Å². The number of rotatable bonds is 1. The summed E-state index contributed by atoms with van der Waals surface area (Å²) >= 11 is 12.0. The Bertz CT molecular complexity index is 655. The summed E-state index contributed by atoms with van der Waals surface area (Å²) in [5.74, 6) is 0.387. The molecule has 3 rings (SSSR count). The SMILES string of the molecule is CC1Cc2cc(Cl)cc(-c3ccc(F)c(Cl)c3)c2O1. The van der Waals surface area contributed by atoms with Gasteiger partial charge in [0, 0.05) is 17.0 Å². The second-order valence-corrected chi connectivity index (χ2v) is 5.55. The molecule has 2 aromatic carbocycles. The van der Waals surface area contributed by atoms with Gasteiger partial charge in [-0.1, -0.05) is 29.3 Å². The van der Waals surface area contributed by atoms with Crippen LogP contribution in [0.15, 0.2) is 30.3 Å². The molecule has 0 saturated carbocycles. The summed E-state index contributed by atoms with van der Waals surface area (Å²) in [4.78, 5) is 0. The molecule has 4 heteroatoms. The minimum Gasteiger partial charge on any atom is -0.489 e. The zero-order chi connectivity index (χ0) is 13.6. The average molecular weight is 297 g/mol. The van der Waals surface area contributed by atoms with Crippen molar-refractivity contribution in [3.63, 3.8) is 0 Å². The van der Waals surface area contributed by atoms with Crippen molar-refractivity contribution in [1.29, 1.82) is 0 Å². The van der Waals surface area contributed by atoms with Crippen LogP contribution in [0.2, 0.25) is 10.0 Å². The van der Waals surface area contributed by atoms with E-state index in [1.807, 2.05) is 19.1 Å². The average Bonchev–Trinajstić information content (AvgIpc) is 2.72. The summed E-state index contributed by atoms with van der Waals surface area (Å²) in [6.45, 7) is 2.01. The van der Waals surface area contributed by atoms with Gasteiger partial charge in [0.1, 0.15) is 17.7 Å². The van der Waals surface area contributed by atoms with Crippen LogP contribution < -0.4 is 4.74 Å². The van der Waals surface area contributed by atoms with E-state index in [0.29, 0.717) is 5.02 Å². The first kappa shape index (κ1) is 12.8. The summed E-state index contributed by atoms with van der Waals surface area (Å²) in [6, 6.07) is 8.36. The molecular formula is C15H11Cl2FO. The molecule has 1 unspecified atom stereocenters. The van der Waals surface area contributed by atoms with Crippen molar-refractivity contribution in [1.82, 2.24) is 0 Å². The van der Waals surface area contributed by atoms with Crippen LogP contribution in [0, 0.1) is 5.82 Å². The van der Waals surface area contributed by atoms with Gasteiger partial charge in [-0.2, -0.15) is 0 Å². The minimum absolute atomic E-state index is 0.0947. The summed E-state index contributed by atoms with van der Waals surface area (Å²) in [5, 5.41) is 0.740. The first-order valence-electron chi connectivity index (χ1n) is 5.99. The molecule has 0 radical (unpaired) electrons. The Kier molecular flexibility index (Phi) is 3.15. The van der Waals surface area contributed by atoms with Crippen LogP contribution in [0.5, 0.6) is 5.75 Å². The van der Waals surface area contributed by atoms with E-state index in [9.17, 15) is 4.39 Å². The second-order valence-electron chi connectivity index (χ2n) is 4.70. The van der Waals surface area contributed by atoms with Crippen molar-refractivity contribution in [2.45, 2.75) is 19.4 Å². The van der Waals surface area contributed by atoms with Crippen molar-refractivity contribution in [2.75, 3.05) is 0 Å². The maximum absolute atomic E-state index is 13.2. The lowest BCUT2D eigenvalue weighted by atomic mass is 10.0. The fourth-order valence-electron chi connectivity index (χ4n) is 2.37. The van der Waals surface area contributed by atoms with Crippen molar-refractivity contribution in [2.24, 2.45) is 0 Å². The van der Waals surface area contributed by atoms with E-state index in [4.69, 9.17) is 27.9 Å². The summed E-state index contributed by atoms with van der Waals surface area (Å²) < 4.78 is 19.1. The second kappa shape index (κ2) is 4.69. The lowest BCUT2D eigenvalue weighted by Gasteiger charge is -2.11. The van der Waals surface area contributed by atoms with Crippen LogP contribution in [0.4, 0.5) is 4.39 Å². The van der Waals surface area contributed by atoms with E-state index in [0.717, 1.165) is 28.9 Å². The van der Waals surface area contributed by atoms with E-state index in [2.05, 4.69) is 0 Å². The predicted octanol–water partition coefficient (Wildman–Crippen LogP) is 5.12. The number of halogens is 3. The first-order chi connectivity index (χ1) is 9.04. The molecule has 1 heterocycles. The van der Waals surface area contributed by atoms with Crippen LogP contribution in [0.3, 0.4) is 0 Å². The highest BCUT2D eigenvalue weighted by Crippen LogP contribution is 2.41. The maximum Gasteiger partial charge on any atom is 0.141 e. The van der Waals surface area contributed by atoms with E-state index in [1.54, 1.807) is 12.1 Å². The summed E-state index contributed by atoms with van der Waals surface area (Å²) in [7, 11) is 0. The Labute approximate surface area is 120 Å². The van der Waals surface area contributed by atoms with E-state index >= 15 is 0 Å². The first-order valence-corrected chi connectivity index (χ1v) is 6.74. The molecule has 1 aliphatic rings. The smallest absolute Gasteiger partial charge is 0.141 e. The Morgan fingerprint density at radius 1 is 1.21 bits per heavy atom. The van der Waals surface area contributed by atoms with Gasteiger partial charge in [0.05, 0.1) is 5.02 Å². The number of benzene rings is 2. The van der Waals surface area contributed by atoms with Gasteiger partial charge < -0.3 is 4.74 Å². The zero-order valence-corrected chi connectivity index (χ0v) is 11.7. The Hall–Kier alpha value is -1.25. The van der Waals surface area contributed by atoms with Crippen LogP contribution in [-0.4, -0.2) is 6.10 Å². The largest absolute Gasteiger partial charge is 0.489 e. The van der Waals surface area contributed by atoms with Crippen LogP contribution in [-0.2, 0) is 6.42 Å². The lowest BCUT2D eigenvalue weighted by molar-refractivity contribution is 0.255. The Balaban J connectivity index is 2.18. The quantitative estimate of drug-likeness (QED) is 0.709. The van der Waals surface area contributed by atoms with Gasteiger partial charge in [0.2, 0.25) is 0 Å². The Morgan fingerprint density at radius 3 is 2.74 bits per heavy atom. The van der Waals surface area contributed by atoms with Gasteiger partial charge in [-0.05, 0) is 42.3 Å². The molecule has 2 aromatic rings. The van der Waals surface area contributed by atoms with Gasteiger partial charge in [0.25, 0.3) is 0 Å². The van der Waals surface area contributed by atoms with Crippen molar-refractivity contribution in [3.8, 4) is 16.9 Å². The zero-order valence-electron chi connectivity index (χ0n) is 10.2. The predicted molar refractivity (Wildman–Crippen MR) is 75.7 cm³/mol. The van der Waals surface area contributed by atoms with E-state index in [1.165, 1.54) is 6.07 Å². The van der Waals surface area contributed by atoms with Gasteiger partial charge in [0.15, 0.2) is 0 Å². The topological polar surface area (TPSA) is 9.23 Å². The molecule has 0 aliphatic carbocycles. The molecule has 1 aliphatic heterocycles. The highest BCUT2D eigenvalue weighted by atomic mass is 35.5. The van der Waals surface area contributed by atoms with Crippen molar-refractivity contribution < 1.29 is 9.13 Å². The molecule has 98 valence electrons. The maximum atomic E-state index is 13.2. The van der Waals surface area contributed by atoms with Crippen LogP contribution >= 0.6 is 23.2 Å². The third-order valence-corrected chi connectivity index (χ3v) is 3.70. The molecule has 0 bridgehead atoms. The molecule has 0 saturated heterocycles. The molecule has 0 N–H and O–H groups in total. The number of ether oxygens (including phenoxy) is 1. The van der Waals surface area contributed by atoms with E-state index in [-0.39, 0.29) is 11.1 Å². The van der Waals surface area contributed by atoms with Gasteiger partial charge in [-0.25, -0.2) is 4.39 Å². The Morgan fingerprint density at radius 2 is 2.00 bits per heavy atom. The molecular weight excluding hydrogens is 286 g/mol. The molecule has 19 heavy (non-hydrogen) atoms. The van der Waals surface area contributed by atoms with Crippen LogP contribution in [0.1, 0.15) is 12.5 Å². The van der Waals surface area contributed by atoms with Crippen molar-refractivity contribution >= 4 is 23.2 Å². The normalized spacial score (nSPS) is 17.2. The highest BCUT2D eigenvalue weighted by Gasteiger charge is 2.23. The molecule has 1 nitrogen and oxygen atoms in total. The molecule has 0 fully saturated rings. The number of hydrogen-bond acceptors (Lipinski definition) is 1. The molecule has 1 atom stereocenters. The lowest BCUT2D eigenvalue weighted by Crippen LogP contribution is -2.05. The van der Waals surface area contributed by atoms with Crippen LogP contribution in [0.25, 0.3) is 11.1 Å².